The average molecular weight is 293 g/mol. The average Bonchev–Trinajstić information content (AvgIpc) is 2.50. The van der Waals surface area contributed by atoms with E-state index in [2.05, 4.69) is 31.0 Å². The SMILES string of the molecule is CCC(NCCN(CC)CC)Oc1ccc(C(N)=O)cc1. The van der Waals surface area contributed by atoms with E-state index in [4.69, 9.17) is 10.5 Å². The summed E-state index contributed by atoms with van der Waals surface area (Å²) in [6.07, 6.45) is 0.843. The highest BCUT2D eigenvalue weighted by Crippen LogP contribution is 2.14. The second-order valence-corrected chi connectivity index (χ2v) is 4.88. The number of nitrogens with zero attached hydrogens (tertiary/aromatic N) is 1. The minimum Gasteiger partial charge on any atom is -0.475 e. The van der Waals surface area contributed by atoms with Crippen molar-refractivity contribution in [1.29, 1.82) is 0 Å². The van der Waals surface area contributed by atoms with Gasteiger partial charge in [-0.2, -0.15) is 0 Å². The molecule has 1 rings (SSSR count). The van der Waals surface area contributed by atoms with Crippen LogP contribution in [0.3, 0.4) is 0 Å². The number of primary amides is 1. The smallest absolute Gasteiger partial charge is 0.248 e. The van der Waals surface area contributed by atoms with Gasteiger partial charge in [-0.1, -0.05) is 20.8 Å². The number of benzene rings is 1. The molecule has 0 bridgehead atoms. The van der Waals surface area contributed by atoms with E-state index in [1.165, 1.54) is 0 Å². The van der Waals surface area contributed by atoms with E-state index in [-0.39, 0.29) is 6.23 Å². The van der Waals surface area contributed by atoms with E-state index < -0.39 is 5.91 Å². The van der Waals surface area contributed by atoms with Gasteiger partial charge in [-0.25, -0.2) is 0 Å². The minimum absolute atomic E-state index is 0.0278. The third-order valence-electron chi connectivity index (χ3n) is 3.48. The molecular formula is C16H27N3O2. The Morgan fingerprint density at radius 2 is 1.86 bits per heavy atom. The summed E-state index contributed by atoms with van der Waals surface area (Å²) in [7, 11) is 0. The van der Waals surface area contributed by atoms with Crippen molar-refractivity contribution in [1.82, 2.24) is 10.2 Å². The summed E-state index contributed by atoms with van der Waals surface area (Å²) < 4.78 is 5.87. The Morgan fingerprint density at radius 1 is 1.24 bits per heavy atom. The number of amides is 1. The molecule has 0 aromatic heterocycles. The molecule has 3 N–H and O–H groups in total. The highest BCUT2D eigenvalue weighted by molar-refractivity contribution is 5.92. The van der Waals surface area contributed by atoms with Gasteiger partial charge in [0.05, 0.1) is 0 Å². The lowest BCUT2D eigenvalue weighted by atomic mass is 10.2. The molecule has 0 radical (unpaired) electrons. The molecule has 0 fully saturated rings. The second kappa shape index (κ2) is 9.37. The standard InChI is InChI=1S/C16H27N3O2/c1-4-15(18-11-12-19(5-2)6-3)21-14-9-7-13(8-10-14)16(17)20/h7-10,15,18H,4-6,11-12H2,1-3H3,(H2,17,20). The fraction of sp³-hybridized carbons (Fsp3) is 0.562. The first-order valence-corrected chi connectivity index (χ1v) is 7.62. The summed E-state index contributed by atoms with van der Waals surface area (Å²) in [5, 5.41) is 3.40. The molecule has 5 heteroatoms. The third-order valence-corrected chi connectivity index (χ3v) is 3.48. The van der Waals surface area contributed by atoms with Gasteiger partial charge in [0.15, 0.2) is 0 Å². The van der Waals surface area contributed by atoms with E-state index in [0.29, 0.717) is 5.56 Å². The fourth-order valence-corrected chi connectivity index (χ4v) is 2.05. The van der Waals surface area contributed by atoms with Crippen LogP contribution in [0.2, 0.25) is 0 Å². The first-order valence-electron chi connectivity index (χ1n) is 7.62. The summed E-state index contributed by atoms with van der Waals surface area (Å²) in [6, 6.07) is 6.91. The zero-order chi connectivity index (χ0) is 15.7. The lowest BCUT2D eigenvalue weighted by molar-refractivity contribution is 0.1000. The zero-order valence-electron chi connectivity index (χ0n) is 13.3. The van der Waals surface area contributed by atoms with Gasteiger partial charge in [0, 0.05) is 18.7 Å². The van der Waals surface area contributed by atoms with Gasteiger partial charge in [-0.05, 0) is 43.8 Å². The summed E-state index contributed by atoms with van der Waals surface area (Å²) in [5.41, 5.74) is 5.71. The van der Waals surface area contributed by atoms with Crippen molar-refractivity contribution in [2.75, 3.05) is 26.2 Å². The predicted octanol–water partition coefficient (Wildman–Crippen LogP) is 1.83. The van der Waals surface area contributed by atoms with Gasteiger partial charge in [0.2, 0.25) is 5.91 Å². The van der Waals surface area contributed by atoms with Crippen LogP contribution in [0.1, 0.15) is 37.6 Å². The number of ether oxygens (including phenoxy) is 1. The molecule has 0 aliphatic carbocycles. The molecule has 1 unspecified atom stereocenters. The largest absolute Gasteiger partial charge is 0.475 e. The van der Waals surface area contributed by atoms with E-state index in [0.717, 1.165) is 38.3 Å². The van der Waals surface area contributed by atoms with Crippen molar-refractivity contribution in [3.05, 3.63) is 29.8 Å². The number of hydrogen-bond acceptors (Lipinski definition) is 4. The molecule has 0 saturated carbocycles. The topological polar surface area (TPSA) is 67.6 Å². The van der Waals surface area contributed by atoms with E-state index in [9.17, 15) is 4.79 Å². The molecule has 1 aromatic carbocycles. The maximum atomic E-state index is 11.0. The third kappa shape index (κ3) is 6.14. The van der Waals surface area contributed by atoms with E-state index in [1.807, 2.05) is 0 Å². The summed E-state index contributed by atoms with van der Waals surface area (Å²) in [5.74, 6) is 0.313. The molecule has 0 aliphatic rings. The van der Waals surface area contributed by atoms with Crippen molar-refractivity contribution in [2.45, 2.75) is 33.4 Å². The molecule has 0 aliphatic heterocycles. The van der Waals surface area contributed by atoms with Crippen molar-refractivity contribution in [3.8, 4) is 5.75 Å². The van der Waals surface area contributed by atoms with Crippen LogP contribution < -0.4 is 15.8 Å². The van der Waals surface area contributed by atoms with Gasteiger partial charge in [0.1, 0.15) is 12.0 Å². The Morgan fingerprint density at radius 3 is 2.33 bits per heavy atom. The van der Waals surface area contributed by atoms with Crippen LogP contribution >= 0.6 is 0 Å². The number of carbonyl (C=O) groups is 1. The Bertz CT molecular complexity index is 416. The quantitative estimate of drug-likeness (QED) is 0.646. The van der Waals surface area contributed by atoms with Gasteiger partial charge in [-0.15, -0.1) is 0 Å². The van der Waals surface area contributed by atoms with Crippen LogP contribution in [0.4, 0.5) is 0 Å². The van der Waals surface area contributed by atoms with Crippen LogP contribution in [-0.4, -0.2) is 43.2 Å². The minimum atomic E-state index is -0.425. The summed E-state index contributed by atoms with van der Waals surface area (Å²) >= 11 is 0. The van der Waals surface area contributed by atoms with Gasteiger partial charge >= 0.3 is 0 Å². The van der Waals surface area contributed by atoms with Crippen molar-refractivity contribution in [2.24, 2.45) is 5.73 Å². The Kier molecular flexibility index (Phi) is 7.79. The molecule has 1 amide bonds. The molecule has 118 valence electrons. The maximum absolute atomic E-state index is 11.0. The van der Waals surface area contributed by atoms with Crippen LogP contribution in [0.5, 0.6) is 5.75 Å². The maximum Gasteiger partial charge on any atom is 0.248 e. The Balaban J connectivity index is 2.44. The number of carbonyl (C=O) groups excluding carboxylic acids is 1. The summed E-state index contributed by atoms with van der Waals surface area (Å²) in [4.78, 5) is 13.4. The monoisotopic (exact) mass is 293 g/mol. The van der Waals surface area contributed by atoms with Crippen LogP contribution in [-0.2, 0) is 0 Å². The molecular weight excluding hydrogens is 266 g/mol. The lowest BCUT2D eigenvalue weighted by Gasteiger charge is -2.22. The Labute approximate surface area is 127 Å². The molecule has 1 aromatic rings. The number of nitrogens with two attached hydrogens (primary N) is 1. The summed E-state index contributed by atoms with van der Waals surface area (Å²) in [6.45, 7) is 10.4. The van der Waals surface area contributed by atoms with Crippen LogP contribution in [0.15, 0.2) is 24.3 Å². The van der Waals surface area contributed by atoms with Crippen molar-refractivity contribution in [3.63, 3.8) is 0 Å². The van der Waals surface area contributed by atoms with E-state index >= 15 is 0 Å². The lowest BCUT2D eigenvalue weighted by Crippen LogP contribution is -2.39. The molecule has 0 heterocycles. The van der Waals surface area contributed by atoms with Crippen LogP contribution in [0.25, 0.3) is 0 Å². The number of hydrogen-bond donors (Lipinski definition) is 2. The predicted molar refractivity (Wildman–Crippen MR) is 85.5 cm³/mol. The van der Waals surface area contributed by atoms with E-state index in [1.54, 1.807) is 24.3 Å². The number of nitrogens with one attached hydrogen (secondary N) is 1. The highest BCUT2D eigenvalue weighted by atomic mass is 16.5. The Hall–Kier alpha value is -1.59. The normalized spacial score (nSPS) is 12.4. The van der Waals surface area contributed by atoms with Crippen molar-refractivity contribution < 1.29 is 9.53 Å². The number of rotatable bonds is 10. The van der Waals surface area contributed by atoms with Crippen LogP contribution in [0, 0.1) is 0 Å². The molecule has 0 saturated heterocycles. The first kappa shape index (κ1) is 17.5. The second-order valence-electron chi connectivity index (χ2n) is 4.88. The highest BCUT2D eigenvalue weighted by Gasteiger charge is 2.08. The van der Waals surface area contributed by atoms with Gasteiger partial charge in [0.25, 0.3) is 0 Å². The van der Waals surface area contributed by atoms with Gasteiger partial charge < -0.3 is 15.4 Å². The molecule has 1 atom stereocenters. The molecule has 21 heavy (non-hydrogen) atoms. The zero-order valence-corrected chi connectivity index (χ0v) is 13.3. The first-order chi connectivity index (χ1) is 10.1. The molecule has 5 nitrogen and oxygen atoms in total. The van der Waals surface area contributed by atoms with Crippen molar-refractivity contribution >= 4 is 5.91 Å². The fourth-order valence-electron chi connectivity index (χ4n) is 2.05. The van der Waals surface area contributed by atoms with Gasteiger partial charge in [-0.3, -0.25) is 10.1 Å². The number of likely N-dealkylation sites (N-methyl/N-ethyl adjacent to an activating group) is 1. The molecule has 0 spiro atoms.